The highest BCUT2D eigenvalue weighted by Crippen LogP contribution is 2.17. The Balaban J connectivity index is 1.42. The van der Waals surface area contributed by atoms with E-state index in [0.29, 0.717) is 25.2 Å². The van der Waals surface area contributed by atoms with Gasteiger partial charge in [0.15, 0.2) is 0 Å². The van der Waals surface area contributed by atoms with Gasteiger partial charge in [-0.2, -0.15) is 0 Å². The Hall–Kier alpha value is -1.99. The zero-order chi connectivity index (χ0) is 19.9. The van der Waals surface area contributed by atoms with Gasteiger partial charge in [0, 0.05) is 51.4 Å². The Morgan fingerprint density at radius 3 is 2.43 bits per heavy atom. The van der Waals surface area contributed by atoms with Gasteiger partial charge in [-0.05, 0) is 49.6 Å². The molecule has 0 spiro atoms. The highest BCUT2D eigenvalue weighted by Gasteiger charge is 2.26. The van der Waals surface area contributed by atoms with Gasteiger partial charge in [0.2, 0.25) is 5.91 Å². The standard InChI is InChI=1S/C21H31FN4O2/c1-2-24-10-12-25(13-11-24)16-20(27)26-9-3-4-17(15-26)14-23-21(28)18-5-7-19(22)8-6-18/h5-8,17H,2-4,9-16H2,1H3,(H,23,28)/t17-/m1/s1. The first-order valence-corrected chi connectivity index (χ1v) is 10.3. The molecule has 0 bridgehead atoms. The number of carbonyl (C=O) groups is 2. The van der Waals surface area contributed by atoms with Crippen molar-refractivity contribution in [3.63, 3.8) is 0 Å². The fraction of sp³-hybridized carbons (Fsp3) is 0.619. The van der Waals surface area contributed by atoms with E-state index in [0.717, 1.165) is 52.1 Å². The predicted molar refractivity (Wildman–Crippen MR) is 107 cm³/mol. The van der Waals surface area contributed by atoms with E-state index in [1.54, 1.807) is 0 Å². The number of carbonyl (C=O) groups excluding carboxylic acids is 2. The number of rotatable bonds is 6. The van der Waals surface area contributed by atoms with Gasteiger partial charge in [-0.15, -0.1) is 0 Å². The summed E-state index contributed by atoms with van der Waals surface area (Å²) in [5.74, 6) is -0.0927. The van der Waals surface area contributed by atoms with Crippen LogP contribution in [0.15, 0.2) is 24.3 Å². The fourth-order valence-corrected chi connectivity index (χ4v) is 3.95. The predicted octanol–water partition coefficient (Wildman–Crippen LogP) is 1.43. The molecule has 2 fully saturated rings. The van der Waals surface area contributed by atoms with Gasteiger partial charge in [-0.25, -0.2) is 4.39 Å². The topological polar surface area (TPSA) is 55.9 Å². The first-order valence-electron chi connectivity index (χ1n) is 10.3. The number of likely N-dealkylation sites (tertiary alicyclic amines) is 1. The van der Waals surface area contributed by atoms with Crippen LogP contribution in [-0.4, -0.2) is 85.4 Å². The van der Waals surface area contributed by atoms with E-state index < -0.39 is 0 Å². The van der Waals surface area contributed by atoms with Crippen LogP contribution < -0.4 is 5.32 Å². The van der Waals surface area contributed by atoms with Crippen molar-refractivity contribution in [2.24, 2.45) is 5.92 Å². The smallest absolute Gasteiger partial charge is 0.251 e. The quantitative estimate of drug-likeness (QED) is 0.799. The van der Waals surface area contributed by atoms with Crippen molar-refractivity contribution < 1.29 is 14.0 Å². The van der Waals surface area contributed by atoms with Gasteiger partial charge in [0.1, 0.15) is 5.82 Å². The molecule has 2 heterocycles. The lowest BCUT2D eigenvalue weighted by Gasteiger charge is -2.37. The third kappa shape index (κ3) is 5.75. The summed E-state index contributed by atoms with van der Waals surface area (Å²) in [7, 11) is 0. The Labute approximate surface area is 166 Å². The van der Waals surface area contributed by atoms with Gasteiger partial charge in [0.05, 0.1) is 6.54 Å². The molecule has 6 nitrogen and oxygen atoms in total. The fourth-order valence-electron chi connectivity index (χ4n) is 3.95. The molecule has 1 aromatic rings. The van der Waals surface area contributed by atoms with Crippen molar-refractivity contribution in [2.45, 2.75) is 19.8 Å². The molecule has 2 aliphatic rings. The molecule has 1 N–H and O–H groups in total. The Morgan fingerprint density at radius 2 is 1.75 bits per heavy atom. The van der Waals surface area contributed by atoms with Crippen LogP contribution >= 0.6 is 0 Å². The van der Waals surface area contributed by atoms with Crippen LogP contribution in [0.4, 0.5) is 4.39 Å². The minimum Gasteiger partial charge on any atom is -0.352 e. The molecule has 7 heteroatoms. The molecule has 0 aromatic heterocycles. The summed E-state index contributed by atoms with van der Waals surface area (Å²) >= 11 is 0. The molecule has 0 unspecified atom stereocenters. The summed E-state index contributed by atoms with van der Waals surface area (Å²) in [5, 5.41) is 2.92. The van der Waals surface area contributed by atoms with Gasteiger partial charge in [0.25, 0.3) is 5.91 Å². The van der Waals surface area contributed by atoms with Gasteiger partial charge < -0.3 is 15.1 Å². The van der Waals surface area contributed by atoms with Gasteiger partial charge in [-0.1, -0.05) is 6.92 Å². The SMILES string of the molecule is CCN1CCN(CC(=O)N2CCC[C@H](CNC(=O)c3ccc(F)cc3)C2)CC1. The molecule has 2 saturated heterocycles. The molecular weight excluding hydrogens is 359 g/mol. The number of nitrogens with zero attached hydrogens (tertiary/aromatic N) is 3. The summed E-state index contributed by atoms with van der Waals surface area (Å²) in [6, 6.07) is 5.55. The van der Waals surface area contributed by atoms with E-state index in [9.17, 15) is 14.0 Å². The first kappa shape index (κ1) is 20.7. The summed E-state index contributed by atoms with van der Waals surface area (Å²) < 4.78 is 13.0. The van der Waals surface area contributed by atoms with Crippen molar-refractivity contribution in [3.8, 4) is 0 Å². The van der Waals surface area contributed by atoms with Crippen molar-refractivity contribution >= 4 is 11.8 Å². The van der Waals surface area contributed by atoms with Crippen molar-refractivity contribution in [3.05, 3.63) is 35.6 Å². The molecule has 0 radical (unpaired) electrons. The monoisotopic (exact) mass is 390 g/mol. The molecule has 0 saturated carbocycles. The molecule has 1 aromatic carbocycles. The third-order valence-electron chi connectivity index (χ3n) is 5.80. The maximum Gasteiger partial charge on any atom is 0.251 e. The van der Waals surface area contributed by atoms with E-state index in [2.05, 4.69) is 22.0 Å². The highest BCUT2D eigenvalue weighted by atomic mass is 19.1. The number of likely N-dealkylation sites (N-methyl/N-ethyl adjacent to an activating group) is 1. The number of piperidine rings is 1. The minimum absolute atomic E-state index is 0.194. The lowest BCUT2D eigenvalue weighted by atomic mass is 9.97. The zero-order valence-electron chi connectivity index (χ0n) is 16.7. The zero-order valence-corrected chi connectivity index (χ0v) is 16.7. The first-order chi connectivity index (χ1) is 13.5. The maximum atomic E-state index is 13.0. The number of amides is 2. The second-order valence-corrected chi connectivity index (χ2v) is 7.78. The Morgan fingerprint density at radius 1 is 1.07 bits per heavy atom. The summed E-state index contributed by atoms with van der Waals surface area (Å²) in [6.45, 7) is 9.72. The Bertz CT molecular complexity index is 659. The molecule has 0 aliphatic carbocycles. The molecular formula is C21H31FN4O2. The summed E-state index contributed by atoms with van der Waals surface area (Å²) in [4.78, 5) is 31.5. The van der Waals surface area contributed by atoms with Gasteiger partial charge >= 0.3 is 0 Å². The van der Waals surface area contributed by atoms with Crippen molar-refractivity contribution in [1.29, 1.82) is 0 Å². The normalized spacial score (nSPS) is 21.5. The average molecular weight is 391 g/mol. The number of piperazine rings is 1. The van der Waals surface area contributed by atoms with E-state index in [1.807, 2.05) is 4.90 Å². The second kappa shape index (κ2) is 9.98. The number of hydrogen-bond donors (Lipinski definition) is 1. The van der Waals surface area contributed by atoms with E-state index in [4.69, 9.17) is 0 Å². The third-order valence-corrected chi connectivity index (χ3v) is 5.80. The largest absolute Gasteiger partial charge is 0.352 e. The summed E-state index contributed by atoms with van der Waals surface area (Å²) in [6.07, 6.45) is 1.97. The average Bonchev–Trinajstić information content (AvgIpc) is 2.73. The van der Waals surface area contributed by atoms with E-state index >= 15 is 0 Å². The molecule has 2 amide bonds. The van der Waals surface area contributed by atoms with Crippen LogP contribution in [0.5, 0.6) is 0 Å². The maximum absolute atomic E-state index is 13.0. The second-order valence-electron chi connectivity index (χ2n) is 7.78. The summed E-state index contributed by atoms with van der Waals surface area (Å²) in [5.41, 5.74) is 0.455. The highest BCUT2D eigenvalue weighted by molar-refractivity contribution is 5.94. The van der Waals surface area contributed by atoms with Crippen molar-refractivity contribution in [1.82, 2.24) is 20.0 Å². The lowest BCUT2D eigenvalue weighted by molar-refractivity contribution is -0.134. The molecule has 3 rings (SSSR count). The Kier molecular flexibility index (Phi) is 7.39. The molecule has 2 aliphatic heterocycles. The van der Waals surface area contributed by atoms with Crippen LogP contribution in [-0.2, 0) is 4.79 Å². The van der Waals surface area contributed by atoms with Crippen LogP contribution in [0.1, 0.15) is 30.1 Å². The van der Waals surface area contributed by atoms with Crippen LogP contribution in [0.25, 0.3) is 0 Å². The number of benzene rings is 1. The van der Waals surface area contributed by atoms with Crippen LogP contribution in [0, 0.1) is 11.7 Å². The molecule has 1 atom stereocenters. The number of hydrogen-bond acceptors (Lipinski definition) is 4. The number of halogens is 1. The van der Waals surface area contributed by atoms with Gasteiger partial charge in [-0.3, -0.25) is 14.5 Å². The minimum atomic E-state index is -0.353. The number of nitrogens with one attached hydrogen (secondary N) is 1. The van der Waals surface area contributed by atoms with Crippen LogP contribution in [0.3, 0.4) is 0 Å². The molecule has 154 valence electrons. The lowest BCUT2D eigenvalue weighted by Crippen LogP contribution is -2.51. The van der Waals surface area contributed by atoms with E-state index in [-0.39, 0.29) is 23.5 Å². The van der Waals surface area contributed by atoms with E-state index in [1.165, 1.54) is 24.3 Å². The van der Waals surface area contributed by atoms with Crippen molar-refractivity contribution in [2.75, 3.05) is 58.9 Å². The molecule has 28 heavy (non-hydrogen) atoms. The van der Waals surface area contributed by atoms with Crippen LogP contribution in [0.2, 0.25) is 0 Å².